The van der Waals surface area contributed by atoms with E-state index in [0.717, 1.165) is 29.7 Å². The van der Waals surface area contributed by atoms with Crippen LogP contribution in [0.3, 0.4) is 0 Å². The van der Waals surface area contributed by atoms with Crippen LogP contribution in [-0.4, -0.2) is 41.6 Å². The quantitative estimate of drug-likeness (QED) is 0.858. The molecule has 0 fully saturated rings. The van der Waals surface area contributed by atoms with E-state index in [1.165, 1.54) is 0 Å². The second-order valence-electron chi connectivity index (χ2n) is 5.53. The zero-order valence-electron chi connectivity index (χ0n) is 12.8. The van der Waals surface area contributed by atoms with Gasteiger partial charge in [0.05, 0.1) is 5.56 Å². The van der Waals surface area contributed by atoms with Gasteiger partial charge in [0, 0.05) is 11.8 Å². The van der Waals surface area contributed by atoms with Gasteiger partial charge in [-0.05, 0) is 62.8 Å². The molecule has 1 aromatic heterocycles. The normalized spacial score (nSPS) is 10.9. The van der Waals surface area contributed by atoms with Crippen molar-refractivity contribution in [2.45, 2.75) is 12.8 Å². The third-order valence-electron chi connectivity index (χ3n) is 3.50. The van der Waals surface area contributed by atoms with Crippen molar-refractivity contribution in [1.29, 1.82) is 0 Å². The van der Waals surface area contributed by atoms with Gasteiger partial charge in [-0.1, -0.05) is 12.1 Å². The first kappa shape index (κ1) is 16.0. The highest BCUT2D eigenvalue weighted by molar-refractivity contribution is 5.88. The summed E-state index contributed by atoms with van der Waals surface area (Å²) in [5.74, 6) is -0.947. The summed E-state index contributed by atoms with van der Waals surface area (Å²) in [7, 11) is 4.01. The molecule has 0 atom stereocenters. The van der Waals surface area contributed by atoms with E-state index in [2.05, 4.69) is 9.88 Å². The molecule has 0 saturated heterocycles. The highest BCUT2D eigenvalue weighted by Crippen LogP contribution is 2.19. The first-order valence-electron chi connectivity index (χ1n) is 7.17. The number of hydrogen-bond acceptors (Lipinski definition) is 3. The van der Waals surface area contributed by atoms with Gasteiger partial charge in [0.25, 0.3) is 5.56 Å². The lowest BCUT2D eigenvalue weighted by molar-refractivity contribution is 0.0697. The van der Waals surface area contributed by atoms with Crippen molar-refractivity contribution in [3.63, 3.8) is 0 Å². The molecule has 1 heterocycles. The molecular weight excluding hydrogens is 280 g/mol. The molecule has 0 saturated carbocycles. The number of aromatic nitrogens is 1. The average molecular weight is 300 g/mol. The number of rotatable bonds is 6. The first-order chi connectivity index (χ1) is 10.5. The smallest absolute Gasteiger partial charge is 0.335 e. The molecule has 5 heteroatoms. The van der Waals surface area contributed by atoms with Crippen molar-refractivity contribution in [2.75, 3.05) is 20.6 Å². The van der Waals surface area contributed by atoms with Crippen molar-refractivity contribution in [3.05, 3.63) is 58.0 Å². The van der Waals surface area contributed by atoms with E-state index in [-0.39, 0.29) is 11.1 Å². The van der Waals surface area contributed by atoms with Gasteiger partial charge in [-0.2, -0.15) is 0 Å². The molecule has 1 aromatic carbocycles. The molecule has 0 aliphatic carbocycles. The number of aromatic amines is 1. The Morgan fingerprint density at radius 2 is 1.86 bits per heavy atom. The monoisotopic (exact) mass is 300 g/mol. The third-order valence-corrected chi connectivity index (χ3v) is 3.50. The van der Waals surface area contributed by atoms with Crippen LogP contribution in [-0.2, 0) is 6.42 Å². The minimum absolute atomic E-state index is 0.0651. The summed E-state index contributed by atoms with van der Waals surface area (Å²) in [6, 6.07) is 8.51. The van der Waals surface area contributed by atoms with Gasteiger partial charge in [-0.3, -0.25) is 4.79 Å². The summed E-state index contributed by atoms with van der Waals surface area (Å²) >= 11 is 0. The molecule has 2 N–H and O–H groups in total. The standard InChI is InChI=1S/C17H20N2O3/c1-19(2)9-3-4-14-10-15(11-18-16(14)20)12-5-7-13(8-6-12)17(21)22/h5-8,10-11H,3-4,9H2,1-2H3,(H,18,20)(H,21,22). The van der Waals surface area contributed by atoms with Crippen LogP contribution in [0.2, 0.25) is 0 Å². The second kappa shape index (κ2) is 7.04. The minimum Gasteiger partial charge on any atom is -0.478 e. The van der Waals surface area contributed by atoms with Gasteiger partial charge < -0.3 is 15.0 Å². The number of aryl methyl sites for hydroxylation is 1. The highest BCUT2D eigenvalue weighted by atomic mass is 16.4. The maximum atomic E-state index is 11.9. The maximum absolute atomic E-state index is 11.9. The Labute approximate surface area is 129 Å². The summed E-state index contributed by atoms with van der Waals surface area (Å²) in [4.78, 5) is 27.6. The zero-order chi connectivity index (χ0) is 16.1. The summed E-state index contributed by atoms with van der Waals surface area (Å²) in [5.41, 5.74) is 2.71. The molecule has 22 heavy (non-hydrogen) atoms. The van der Waals surface area contributed by atoms with Gasteiger partial charge in [0.15, 0.2) is 0 Å². The van der Waals surface area contributed by atoms with Crippen molar-refractivity contribution in [2.24, 2.45) is 0 Å². The zero-order valence-corrected chi connectivity index (χ0v) is 12.8. The lowest BCUT2D eigenvalue weighted by Gasteiger charge is -2.09. The molecule has 116 valence electrons. The molecule has 0 aliphatic heterocycles. The van der Waals surface area contributed by atoms with E-state index in [1.807, 2.05) is 20.2 Å². The van der Waals surface area contributed by atoms with Gasteiger partial charge in [0.1, 0.15) is 0 Å². The Morgan fingerprint density at radius 3 is 2.45 bits per heavy atom. The van der Waals surface area contributed by atoms with Crippen LogP contribution in [0, 0.1) is 0 Å². The molecular formula is C17H20N2O3. The van der Waals surface area contributed by atoms with Crippen molar-refractivity contribution >= 4 is 5.97 Å². The fraction of sp³-hybridized carbons (Fsp3) is 0.294. The van der Waals surface area contributed by atoms with Crippen LogP contribution >= 0.6 is 0 Å². The summed E-state index contributed by atoms with van der Waals surface area (Å²) in [6.07, 6.45) is 3.29. The molecule has 0 spiro atoms. The predicted molar refractivity (Wildman–Crippen MR) is 86.3 cm³/mol. The number of nitrogens with one attached hydrogen (secondary N) is 1. The van der Waals surface area contributed by atoms with E-state index in [9.17, 15) is 9.59 Å². The highest BCUT2D eigenvalue weighted by Gasteiger charge is 2.06. The Balaban J connectivity index is 2.21. The second-order valence-corrected chi connectivity index (χ2v) is 5.53. The molecule has 0 amide bonds. The van der Waals surface area contributed by atoms with Crippen LogP contribution in [0.5, 0.6) is 0 Å². The molecule has 0 radical (unpaired) electrons. The van der Waals surface area contributed by atoms with Crippen LogP contribution < -0.4 is 5.56 Å². The molecule has 5 nitrogen and oxygen atoms in total. The van der Waals surface area contributed by atoms with E-state index in [4.69, 9.17) is 5.11 Å². The van der Waals surface area contributed by atoms with Gasteiger partial charge in [0.2, 0.25) is 0 Å². The summed E-state index contributed by atoms with van der Waals surface area (Å²) in [6.45, 7) is 0.928. The van der Waals surface area contributed by atoms with Gasteiger partial charge in [-0.25, -0.2) is 4.79 Å². The predicted octanol–water partition coefficient (Wildman–Crippen LogP) is 2.23. The fourth-order valence-corrected chi connectivity index (χ4v) is 2.27. The van der Waals surface area contributed by atoms with E-state index in [0.29, 0.717) is 6.42 Å². The van der Waals surface area contributed by atoms with Crippen LogP contribution in [0.15, 0.2) is 41.3 Å². The number of H-pyrrole nitrogens is 1. The van der Waals surface area contributed by atoms with E-state index >= 15 is 0 Å². The largest absolute Gasteiger partial charge is 0.478 e. The van der Waals surface area contributed by atoms with Crippen LogP contribution in [0.25, 0.3) is 11.1 Å². The molecule has 0 aliphatic rings. The molecule has 2 rings (SSSR count). The Morgan fingerprint density at radius 1 is 1.18 bits per heavy atom. The van der Waals surface area contributed by atoms with Crippen molar-refractivity contribution in [3.8, 4) is 11.1 Å². The summed E-state index contributed by atoms with van der Waals surface area (Å²) < 4.78 is 0. The number of nitrogens with zero attached hydrogens (tertiary/aromatic N) is 1. The van der Waals surface area contributed by atoms with E-state index in [1.54, 1.807) is 30.5 Å². The minimum atomic E-state index is -0.947. The number of carboxylic acids is 1. The van der Waals surface area contributed by atoms with Crippen LogP contribution in [0.1, 0.15) is 22.3 Å². The third kappa shape index (κ3) is 4.05. The Hall–Kier alpha value is -2.40. The number of benzene rings is 1. The van der Waals surface area contributed by atoms with Crippen LogP contribution in [0.4, 0.5) is 0 Å². The lowest BCUT2D eigenvalue weighted by Crippen LogP contribution is -2.17. The van der Waals surface area contributed by atoms with E-state index < -0.39 is 5.97 Å². The molecule has 2 aromatic rings. The topological polar surface area (TPSA) is 73.4 Å². The fourth-order valence-electron chi connectivity index (χ4n) is 2.27. The Bertz CT molecular complexity index is 703. The molecule has 0 bridgehead atoms. The number of pyridine rings is 1. The molecule has 0 unspecified atom stereocenters. The SMILES string of the molecule is CN(C)CCCc1cc(-c2ccc(C(=O)O)cc2)c[nH]c1=O. The Kier molecular flexibility index (Phi) is 5.12. The van der Waals surface area contributed by atoms with Crippen molar-refractivity contribution in [1.82, 2.24) is 9.88 Å². The first-order valence-corrected chi connectivity index (χ1v) is 7.17. The van der Waals surface area contributed by atoms with Gasteiger partial charge in [-0.15, -0.1) is 0 Å². The van der Waals surface area contributed by atoms with Crippen molar-refractivity contribution < 1.29 is 9.90 Å². The number of carbonyl (C=O) groups is 1. The number of hydrogen-bond donors (Lipinski definition) is 2. The number of carboxylic acid groups (broad SMARTS) is 1. The van der Waals surface area contributed by atoms with Gasteiger partial charge >= 0.3 is 5.97 Å². The maximum Gasteiger partial charge on any atom is 0.335 e. The average Bonchev–Trinajstić information content (AvgIpc) is 2.49. The lowest BCUT2D eigenvalue weighted by atomic mass is 10.0. The summed E-state index contributed by atoms with van der Waals surface area (Å²) in [5, 5.41) is 8.92. The number of aromatic carboxylic acids is 1.